The van der Waals surface area contributed by atoms with Gasteiger partial charge in [0, 0.05) is 18.5 Å². The van der Waals surface area contributed by atoms with Crippen molar-refractivity contribution in [1.29, 1.82) is 0 Å². The Morgan fingerprint density at radius 2 is 1.94 bits per heavy atom. The maximum atomic E-state index is 12.0. The van der Waals surface area contributed by atoms with Crippen LogP contribution in [0.3, 0.4) is 0 Å². The standard InChI is InChI=1S/C14H26N2O2/c1-10(2)15-14(18)12(4)16-8-6-5-7-13(16)9-11(3)17/h10,12-13H,5-9H2,1-4H3,(H,15,18). The topological polar surface area (TPSA) is 49.4 Å². The molecule has 18 heavy (non-hydrogen) atoms. The molecule has 0 aliphatic carbocycles. The van der Waals surface area contributed by atoms with Gasteiger partial charge >= 0.3 is 0 Å². The van der Waals surface area contributed by atoms with Gasteiger partial charge in [-0.05, 0) is 47.1 Å². The van der Waals surface area contributed by atoms with Crippen LogP contribution in [-0.2, 0) is 9.59 Å². The number of piperidine rings is 1. The SMILES string of the molecule is CC(=O)CC1CCCCN1C(C)C(=O)NC(C)C. The smallest absolute Gasteiger partial charge is 0.237 e. The third-order valence-electron chi connectivity index (χ3n) is 3.50. The van der Waals surface area contributed by atoms with Crippen LogP contribution in [0.2, 0.25) is 0 Å². The third-order valence-corrected chi connectivity index (χ3v) is 3.50. The number of likely N-dealkylation sites (tertiary alicyclic amines) is 1. The van der Waals surface area contributed by atoms with Crippen molar-refractivity contribution >= 4 is 11.7 Å². The Bertz CT molecular complexity index is 302. The number of carbonyl (C=O) groups excluding carboxylic acids is 2. The van der Waals surface area contributed by atoms with Gasteiger partial charge in [0.15, 0.2) is 0 Å². The van der Waals surface area contributed by atoms with Crippen molar-refractivity contribution in [3.05, 3.63) is 0 Å². The van der Waals surface area contributed by atoms with Crippen LogP contribution in [0.4, 0.5) is 0 Å². The van der Waals surface area contributed by atoms with E-state index in [0.29, 0.717) is 6.42 Å². The zero-order valence-electron chi connectivity index (χ0n) is 12.0. The molecule has 0 saturated carbocycles. The fourth-order valence-corrected chi connectivity index (χ4v) is 2.64. The zero-order chi connectivity index (χ0) is 13.7. The molecule has 0 spiro atoms. The predicted molar refractivity (Wildman–Crippen MR) is 72.4 cm³/mol. The average Bonchev–Trinajstić information content (AvgIpc) is 2.27. The number of amides is 1. The van der Waals surface area contributed by atoms with E-state index in [9.17, 15) is 9.59 Å². The maximum absolute atomic E-state index is 12.0. The van der Waals surface area contributed by atoms with E-state index in [1.165, 1.54) is 0 Å². The summed E-state index contributed by atoms with van der Waals surface area (Å²) in [6.45, 7) is 8.42. The van der Waals surface area contributed by atoms with Gasteiger partial charge in [0.1, 0.15) is 5.78 Å². The summed E-state index contributed by atoms with van der Waals surface area (Å²) in [6, 6.07) is 0.261. The Balaban J connectivity index is 2.64. The summed E-state index contributed by atoms with van der Waals surface area (Å²) < 4.78 is 0. The van der Waals surface area contributed by atoms with Crippen molar-refractivity contribution in [2.45, 2.75) is 71.5 Å². The van der Waals surface area contributed by atoms with Gasteiger partial charge in [-0.2, -0.15) is 0 Å². The van der Waals surface area contributed by atoms with E-state index in [4.69, 9.17) is 0 Å². The zero-order valence-corrected chi connectivity index (χ0v) is 12.0. The van der Waals surface area contributed by atoms with Crippen LogP contribution >= 0.6 is 0 Å². The van der Waals surface area contributed by atoms with Gasteiger partial charge in [-0.3, -0.25) is 14.5 Å². The highest BCUT2D eigenvalue weighted by Crippen LogP contribution is 2.22. The highest BCUT2D eigenvalue weighted by molar-refractivity contribution is 5.82. The Kier molecular flexibility index (Phi) is 5.79. The highest BCUT2D eigenvalue weighted by Gasteiger charge is 2.30. The summed E-state index contributed by atoms with van der Waals surface area (Å²) in [6.07, 6.45) is 3.87. The molecule has 0 bridgehead atoms. The second-order valence-electron chi connectivity index (χ2n) is 5.63. The fourth-order valence-electron chi connectivity index (χ4n) is 2.64. The van der Waals surface area contributed by atoms with Crippen molar-refractivity contribution < 1.29 is 9.59 Å². The van der Waals surface area contributed by atoms with Crippen molar-refractivity contribution in [3.63, 3.8) is 0 Å². The Morgan fingerprint density at radius 1 is 1.28 bits per heavy atom. The molecule has 4 heteroatoms. The monoisotopic (exact) mass is 254 g/mol. The molecule has 2 atom stereocenters. The molecule has 0 aromatic rings. The Labute approximate surface area is 110 Å². The van der Waals surface area contributed by atoms with E-state index >= 15 is 0 Å². The predicted octanol–water partition coefficient (Wildman–Crippen LogP) is 1.73. The van der Waals surface area contributed by atoms with Gasteiger partial charge in [0.05, 0.1) is 6.04 Å². The first kappa shape index (κ1) is 15.2. The van der Waals surface area contributed by atoms with E-state index < -0.39 is 0 Å². The minimum absolute atomic E-state index is 0.0699. The van der Waals surface area contributed by atoms with E-state index in [1.807, 2.05) is 20.8 Å². The first-order valence-corrected chi connectivity index (χ1v) is 6.97. The molecule has 0 aromatic heterocycles. The summed E-state index contributed by atoms with van der Waals surface area (Å²) in [4.78, 5) is 25.5. The normalized spacial score (nSPS) is 22.8. The molecule has 1 saturated heterocycles. The number of nitrogens with one attached hydrogen (secondary N) is 1. The van der Waals surface area contributed by atoms with Crippen LogP contribution in [0.15, 0.2) is 0 Å². The molecule has 1 amide bonds. The lowest BCUT2D eigenvalue weighted by atomic mass is 9.96. The number of carbonyl (C=O) groups is 2. The third kappa shape index (κ3) is 4.41. The number of hydrogen-bond donors (Lipinski definition) is 1. The molecule has 1 aliphatic rings. The van der Waals surface area contributed by atoms with Crippen LogP contribution in [-0.4, -0.2) is 41.3 Å². The fraction of sp³-hybridized carbons (Fsp3) is 0.857. The average molecular weight is 254 g/mol. The summed E-state index contributed by atoms with van der Waals surface area (Å²) >= 11 is 0. The number of Topliss-reactive ketones (excluding diaryl/α,β-unsaturated/α-hetero) is 1. The first-order chi connectivity index (χ1) is 8.41. The molecular weight excluding hydrogens is 228 g/mol. The first-order valence-electron chi connectivity index (χ1n) is 6.97. The minimum atomic E-state index is -0.142. The maximum Gasteiger partial charge on any atom is 0.237 e. The molecule has 1 aliphatic heterocycles. The molecule has 1 fully saturated rings. The van der Waals surface area contributed by atoms with E-state index in [2.05, 4.69) is 10.2 Å². The number of ketones is 1. The molecule has 1 heterocycles. The van der Waals surface area contributed by atoms with Gasteiger partial charge in [-0.1, -0.05) is 6.42 Å². The molecule has 1 rings (SSSR count). The van der Waals surface area contributed by atoms with Crippen molar-refractivity contribution in [3.8, 4) is 0 Å². The molecule has 0 aromatic carbocycles. The molecule has 4 nitrogen and oxygen atoms in total. The molecule has 0 radical (unpaired) electrons. The van der Waals surface area contributed by atoms with Crippen LogP contribution < -0.4 is 5.32 Å². The van der Waals surface area contributed by atoms with Crippen LogP contribution in [0.25, 0.3) is 0 Å². The second-order valence-corrected chi connectivity index (χ2v) is 5.63. The molecule has 104 valence electrons. The van der Waals surface area contributed by atoms with Gasteiger partial charge in [0.25, 0.3) is 0 Å². The highest BCUT2D eigenvalue weighted by atomic mass is 16.2. The lowest BCUT2D eigenvalue weighted by molar-refractivity contribution is -0.129. The lowest BCUT2D eigenvalue weighted by Gasteiger charge is -2.39. The van der Waals surface area contributed by atoms with Gasteiger partial charge in [-0.15, -0.1) is 0 Å². The minimum Gasteiger partial charge on any atom is -0.353 e. The number of rotatable bonds is 5. The van der Waals surface area contributed by atoms with E-state index in [1.54, 1.807) is 6.92 Å². The van der Waals surface area contributed by atoms with Crippen LogP contribution in [0.5, 0.6) is 0 Å². The Hall–Kier alpha value is -0.900. The number of hydrogen-bond acceptors (Lipinski definition) is 3. The molecule has 1 N–H and O–H groups in total. The quantitative estimate of drug-likeness (QED) is 0.813. The largest absolute Gasteiger partial charge is 0.353 e. The summed E-state index contributed by atoms with van der Waals surface area (Å²) in [5.41, 5.74) is 0. The van der Waals surface area contributed by atoms with E-state index in [0.717, 1.165) is 25.8 Å². The van der Waals surface area contributed by atoms with Gasteiger partial charge < -0.3 is 5.32 Å². The van der Waals surface area contributed by atoms with Crippen molar-refractivity contribution in [2.75, 3.05) is 6.54 Å². The van der Waals surface area contributed by atoms with Crippen molar-refractivity contribution in [1.82, 2.24) is 10.2 Å². The van der Waals surface area contributed by atoms with Crippen LogP contribution in [0.1, 0.15) is 53.4 Å². The molecular formula is C14H26N2O2. The molecule has 2 unspecified atom stereocenters. The van der Waals surface area contributed by atoms with Crippen molar-refractivity contribution in [2.24, 2.45) is 0 Å². The van der Waals surface area contributed by atoms with Crippen LogP contribution in [0, 0.1) is 0 Å². The summed E-state index contributed by atoms with van der Waals surface area (Å²) in [5, 5.41) is 2.95. The Morgan fingerprint density at radius 3 is 2.50 bits per heavy atom. The van der Waals surface area contributed by atoms with E-state index in [-0.39, 0.29) is 29.8 Å². The van der Waals surface area contributed by atoms with Gasteiger partial charge in [-0.25, -0.2) is 0 Å². The summed E-state index contributed by atoms with van der Waals surface area (Å²) in [7, 11) is 0. The second kappa shape index (κ2) is 6.88. The summed E-state index contributed by atoms with van der Waals surface area (Å²) in [5.74, 6) is 0.281. The number of nitrogens with zero attached hydrogens (tertiary/aromatic N) is 1. The van der Waals surface area contributed by atoms with Gasteiger partial charge in [0.2, 0.25) is 5.91 Å². The lowest BCUT2D eigenvalue weighted by Crippen LogP contribution is -2.53.